The van der Waals surface area contributed by atoms with Crippen molar-refractivity contribution in [1.82, 2.24) is 15.0 Å². The highest BCUT2D eigenvalue weighted by atomic mass is 16.5. The minimum absolute atomic E-state index is 0.101. The number of benzene rings is 2. The molecule has 2 aromatic carbocycles. The second-order valence-electron chi connectivity index (χ2n) is 5.32. The van der Waals surface area contributed by atoms with Gasteiger partial charge in [0.15, 0.2) is 0 Å². The van der Waals surface area contributed by atoms with E-state index in [1.807, 2.05) is 0 Å². The number of hydrogen-bond acceptors (Lipinski definition) is 8. The monoisotopic (exact) mass is 367 g/mol. The zero-order valence-electron chi connectivity index (χ0n) is 14.6. The fourth-order valence-corrected chi connectivity index (χ4v) is 2.19. The van der Waals surface area contributed by atoms with Crippen molar-refractivity contribution in [3.05, 3.63) is 54.4 Å². The number of nitrogens with one attached hydrogen (secondary N) is 2. The molecule has 0 aliphatic carbocycles. The lowest BCUT2D eigenvalue weighted by Crippen LogP contribution is -2.11. The third-order valence-electron chi connectivity index (χ3n) is 3.52. The van der Waals surface area contributed by atoms with Crippen LogP contribution in [0, 0.1) is 0 Å². The van der Waals surface area contributed by atoms with Gasteiger partial charge in [0, 0.05) is 11.4 Å². The Hall–Kier alpha value is -3.88. The maximum absolute atomic E-state index is 11.3. The van der Waals surface area contributed by atoms with E-state index in [1.54, 1.807) is 62.8 Å². The zero-order valence-corrected chi connectivity index (χ0v) is 14.6. The van der Waals surface area contributed by atoms with E-state index in [2.05, 4.69) is 25.6 Å². The molecule has 9 heteroatoms. The van der Waals surface area contributed by atoms with Crippen molar-refractivity contribution in [2.24, 2.45) is 0 Å². The smallest absolute Gasteiger partial charge is 0.374 e. The Morgan fingerprint density at radius 2 is 1.19 bits per heavy atom. The molecule has 0 saturated heterocycles. The Bertz CT molecular complexity index is 862. The van der Waals surface area contributed by atoms with Crippen LogP contribution in [0.5, 0.6) is 11.5 Å². The van der Waals surface area contributed by atoms with Crippen LogP contribution >= 0.6 is 0 Å². The minimum atomic E-state index is -1.26. The average molecular weight is 367 g/mol. The Morgan fingerprint density at radius 3 is 1.52 bits per heavy atom. The molecular weight excluding hydrogens is 350 g/mol. The number of ether oxygens (including phenoxy) is 2. The molecule has 0 spiro atoms. The molecule has 0 aliphatic heterocycles. The predicted molar refractivity (Wildman–Crippen MR) is 99.3 cm³/mol. The van der Waals surface area contributed by atoms with E-state index in [0.717, 1.165) is 0 Å². The lowest BCUT2D eigenvalue weighted by molar-refractivity contribution is 0.0683. The van der Waals surface area contributed by atoms with E-state index >= 15 is 0 Å². The molecule has 0 saturated carbocycles. The van der Waals surface area contributed by atoms with Gasteiger partial charge in [0.1, 0.15) is 11.5 Å². The number of rotatable bonds is 7. The summed E-state index contributed by atoms with van der Waals surface area (Å²) in [6.45, 7) is 0. The van der Waals surface area contributed by atoms with Crippen molar-refractivity contribution in [2.45, 2.75) is 0 Å². The molecule has 0 unspecified atom stereocenters. The average Bonchev–Trinajstić information content (AvgIpc) is 2.69. The van der Waals surface area contributed by atoms with Gasteiger partial charge in [0.25, 0.3) is 0 Å². The van der Waals surface area contributed by atoms with E-state index < -0.39 is 5.97 Å². The van der Waals surface area contributed by atoms with E-state index in [1.165, 1.54) is 0 Å². The van der Waals surface area contributed by atoms with E-state index in [0.29, 0.717) is 22.9 Å². The van der Waals surface area contributed by atoms with E-state index in [9.17, 15) is 9.90 Å². The molecule has 27 heavy (non-hydrogen) atoms. The van der Waals surface area contributed by atoms with Crippen LogP contribution in [0.2, 0.25) is 0 Å². The van der Waals surface area contributed by atoms with Crippen LogP contribution in [0.1, 0.15) is 10.6 Å². The largest absolute Gasteiger partial charge is 0.497 e. The first-order valence-electron chi connectivity index (χ1n) is 7.89. The topological polar surface area (TPSA) is 118 Å². The van der Waals surface area contributed by atoms with Crippen molar-refractivity contribution < 1.29 is 19.4 Å². The first-order valence-corrected chi connectivity index (χ1v) is 7.89. The predicted octanol–water partition coefficient (Wildman–Crippen LogP) is 3.07. The second kappa shape index (κ2) is 8.00. The standard InChI is InChI=1S/C18H17N5O4/c1-26-13-7-3-11(4-8-13)19-17-21-15(16(24)25)22-18(23-17)20-12-5-9-14(27-2)10-6-12/h3-10H,1-2H3,(H,24,25)(H2,19,20,21,22,23). The molecule has 3 rings (SSSR count). The number of aromatic carboxylic acids is 1. The van der Waals surface area contributed by atoms with Crippen molar-refractivity contribution >= 4 is 29.2 Å². The fourth-order valence-electron chi connectivity index (χ4n) is 2.19. The summed E-state index contributed by atoms with van der Waals surface area (Å²) in [5, 5.41) is 15.2. The van der Waals surface area contributed by atoms with Crippen LogP contribution < -0.4 is 20.1 Å². The second-order valence-corrected chi connectivity index (χ2v) is 5.32. The summed E-state index contributed by atoms with van der Waals surface area (Å²) in [7, 11) is 3.15. The fraction of sp³-hybridized carbons (Fsp3) is 0.111. The summed E-state index contributed by atoms with van der Waals surface area (Å²) in [6.07, 6.45) is 0. The molecule has 9 nitrogen and oxygen atoms in total. The van der Waals surface area contributed by atoms with Crippen LogP contribution in [-0.2, 0) is 0 Å². The summed E-state index contributed by atoms with van der Waals surface area (Å²) in [4.78, 5) is 23.4. The number of anilines is 4. The molecule has 0 radical (unpaired) electrons. The number of hydrogen-bond donors (Lipinski definition) is 3. The van der Waals surface area contributed by atoms with Gasteiger partial charge in [-0.05, 0) is 48.5 Å². The van der Waals surface area contributed by atoms with Crippen LogP contribution in [0.4, 0.5) is 23.3 Å². The van der Waals surface area contributed by atoms with Gasteiger partial charge in [-0.2, -0.15) is 15.0 Å². The minimum Gasteiger partial charge on any atom is -0.497 e. The molecule has 0 aliphatic rings. The molecule has 0 bridgehead atoms. The van der Waals surface area contributed by atoms with Gasteiger partial charge in [-0.3, -0.25) is 0 Å². The number of carbonyl (C=O) groups is 1. The normalized spacial score (nSPS) is 10.1. The zero-order chi connectivity index (χ0) is 19.2. The third-order valence-corrected chi connectivity index (χ3v) is 3.52. The highest BCUT2D eigenvalue weighted by Crippen LogP contribution is 2.21. The van der Waals surface area contributed by atoms with Gasteiger partial charge in [0.05, 0.1) is 14.2 Å². The summed E-state index contributed by atoms with van der Waals surface area (Å²) in [6, 6.07) is 14.1. The Balaban J connectivity index is 1.85. The highest BCUT2D eigenvalue weighted by Gasteiger charge is 2.13. The lowest BCUT2D eigenvalue weighted by Gasteiger charge is -2.10. The van der Waals surface area contributed by atoms with Crippen LogP contribution in [0.15, 0.2) is 48.5 Å². The van der Waals surface area contributed by atoms with Gasteiger partial charge >= 0.3 is 5.97 Å². The molecule has 0 fully saturated rings. The quantitative estimate of drug-likeness (QED) is 0.579. The molecule has 0 amide bonds. The van der Waals surface area contributed by atoms with E-state index in [4.69, 9.17) is 9.47 Å². The van der Waals surface area contributed by atoms with Crippen LogP contribution in [-0.4, -0.2) is 40.2 Å². The third kappa shape index (κ3) is 4.60. The molecule has 3 N–H and O–H groups in total. The molecule has 0 atom stereocenters. The first kappa shape index (κ1) is 17.9. The number of aromatic nitrogens is 3. The SMILES string of the molecule is COc1ccc(Nc2nc(Nc3ccc(OC)cc3)nc(C(=O)O)n2)cc1. The van der Waals surface area contributed by atoms with Gasteiger partial charge in [-0.25, -0.2) is 4.79 Å². The van der Waals surface area contributed by atoms with Crippen molar-refractivity contribution in [2.75, 3.05) is 24.9 Å². The van der Waals surface area contributed by atoms with Crippen molar-refractivity contribution in [3.8, 4) is 11.5 Å². The highest BCUT2D eigenvalue weighted by molar-refractivity contribution is 5.84. The molecule has 1 heterocycles. The van der Waals surface area contributed by atoms with Gasteiger partial charge in [0.2, 0.25) is 17.7 Å². The molecular formula is C18H17N5O4. The van der Waals surface area contributed by atoms with Crippen LogP contribution in [0.25, 0.3) is 0 Å². The number of nitrogens with zero attached hydrogens (tertiary/aromatic N) is 3. The maximum atomic E-state index is 11.3. The Kier molecular flexibility index (Phi) is 5.31. The summed E-state index contributed by atoms with van der Waals surface area (Å²) < 4.78 is 10.2. The number of methoxy groups -OCH3 is 2. The number of carboxylic acid groups (broad SMARTS) is 1. The maximum Gasteiger partial charge on any atom is 0.374 e. The van der Waals surface area contributed by atoms with Gasteiger partial charge < -0.3 is 25.2 Å². The number of carboxylic acids is 1. The van der Waals surface area contributed by atoms with Crippen LogP contribution in [0.3, 0.4) is 0 Å². The van der Waals surface area contributed by atoms with Gasteiger partial charge in [-0.1, -0.05) is 0 Å². The molecule has 1 aromatic heterocycles. The summed E-state index contributed by atoms with van der Waals surface area (Å²) in [5.74, 6) is -0.0364. The Morgan fingerprint density at radius 1 is 0.778 bits per heavy atom. The van der Waals surface area contributed by atoms with Crippen molar-refractivity contribution in [1.29, 1.82) is 0 Å². The van der Waals surface area contributed by atoms with E-state index in [-0.39, 0.29) is 17.7 Å². The summed E-state index contributed by atoms with van der Waals surface area (Å²) >= 11 is 0. The first-order chi connectivity index (χ1) is 13.1. The molecule has 3 aromatic rings. The van der Waals surface area contributed by atoms with Gasteiger partial charge in [-0.15, -0.1) is 0 Å². The van der Waals surface area contributed by atoms with Crippen molar-refractivity contribution in [3.63, 3.8) is 0 Å². The Labute approximate surface area is 155 Å². The lowest BCUT2D eigenvalue weighted by atomic mass is 10.3. The molecule has 138 valence electrons. The summed E-state index contributed by atoms with van der Waals surface area (Å²) in [5.41, 5.74) is 1.35.